The number of aromatic amines is 1. The molecule has 0 aliphatic rings. The molecule has 0 unspecified atom stereocenters. The quantitative estimate of drug-likeness (QED) is 0.407. The van der Waals surface area contributed by atoms with E-state index in [1.165, 1.54) is 16.3 Å². The Labute approximate surface area is 153 Å². The van der Waals surface area contributed by atoms with Crippen molar-refractivity contribution in [2.45, 2.75) is 18.6 Å². The van der Waals surface area contributed by atoms with Crippen LogP contribution in [0.4, 0.5) is 0 Å². The highest BCUT2D eigenvalue weighted by Gasteiger charge is 2.18. The lowest BCUT2D eigenvalue weighted by Gasteiger charge is -2.05. The minimum atomic E-state index is -0.518. The van der Waals surface area contributed by atoms with Crippen molar-refractivity contribution in [3.8, 4) is 0 Å². The Morgan fingerprint density at radius 2 is 2.00 bits per heavy atom. The number of Topliss-reactive ketones (excluding diaryl/α,β-unsaturated/α-hetero) is 1. The van der Waals surface area contributed by atoms with Gasteiger partial charge in [0, 0.05) is 19.2 Å². The average molecular weight is 370 g/mol. The molecule has 26 heavy (non-hydrogen) atoms. The van der Waals surface area contributed by atoms with Gasteiger partial charge in [0.15, 0.2) is 22.1 Å². The number of benzene rings is 1. The summed E-state index contributed by atoms with van der Waals surface area (Å²) < 4.78 is 3.02. The second-order valence-corrected chi connectivity index (χ2v) is 6.58. The number of hydrogen-bond donors (Lipinski definition) is 1. The Morgan fingerprint density at radius 3 is 2.69 bits per heavy atom. The monoisotopic (exact) mass is 370 g/mol. The van der Waals surface area contributed by atoms with Gasteiger partial charge in [0.2, 0.25) is 0 Å². The molecule has 2 aromatic heterocycles. The van der Waals surface area contributed by atoms with Crippen molar-refractivity contribution in [1.29, 1.82) is 0 Å². The van der Waals surface area contributed by atoms with Crippen LogP contribution in [-0.2, 0) is 13.6 Å². The lowest BCUT2D eigenvalue weighted by molar-refractivity contribution is 0.102. The van der Waals surface area contributed by atoms with Gasteiger partial charge in [-0.2, -0.15) is 0 Å². The van der Waals surface area contributed by atoms with Gasteiger partial charge in [-0.1, -0.05) is 54.2 Å². The molecule has 0 fully saturated rings. The molecule has 134 valence electrons. The van der Waals surface area contributed by atoms with E-state index < -0.39 is 11.2 Å². The molecule has 0 radical (unpaired) electrons. The summed E-state index contributed by atoms with van der Waals surface area (Å²) in [6.07, 6.45) is 3.75. The van der Waals surface area contributed by atoms with Gasteiger partial charge in [0.05, 0.1) is 5.75 Å². The van der Waals surface area contributed by atoms with Crippen molar-refractivity contribution in [3.05, 3.63) is 68.9 Å². The zero-order valence-electron chi connectivity index (χ0n) is 14.4. The summed E-state index contributed by atoms with van der Waals surface area (Å²) in [5, 5.41) is 0.522. The Bertz CT molecular complexity index is 1090. The van der Waals surface area contributed by atoms with Gasteiger partial charge in [-0.25, -0.2) is 9.78 Å². The average Bonchev–Trinajstić information content (AvgIpc) is 3.02. The number of fused-ring (bicyclic) bond motifs is 1. The maximum absolute atomic E-state index is 12.4. The molecule has 0 bridgehead atoms. The summed E-state index contributed by atoms with van der Waals surface area (Å²) in [7, 11) is 1.55. The lowest BCUT2D eigenvalue weighted by Crippen LogP contribution is -2.29. The number of carbonyl (C=O) groups is 1. The zero-order valence-corrected chi connectivity index (χ0v) is 15.2. The first kappa shape index (κ1) is 17.9. The minimum absolute atomic E-state index is 0.0250. The first-order valence-electron chi connectivity index (χ1n) is 8.04. The number of imidazole rings is 1. The second kappa shape index (κ2) is 7.57. The molecule has 0 atom stereocenters. The minimum Gasteiger partial charge on any atom is -0.309 e. The molecule has 1 aromatic carbocycles. The summed E-state index contributed by atoms with van der Waals surface area (Å²) in [5.41, 5.74) is 0.246. The first-order chi connectivity index (χ1) is 12.5. The molecule has 7 nitrogen and oxygen atoms in total. The van der Waals surface area contributed by atoms with Crippen molar-refractivity contribution in [1.82, 2.24) is 19.1 Å². The van der Waals surface area contributed by atoms with E-state index in [0.29, 0.717) is 28.4 Å². The Balaban J connectivity index is 2.00. The molecule has 0 saturated carbocycles. The third kappa shape index (κ3) is 3.41. The Kier molecular flexibility index (Phi) is 5.22. The molecule has 8 heteroatoms. The highest BCUT2D eigenvalue weighted by molar-refractivity contribution is 7.99. The molecule has 3 rings (SSSR count). The zero-order chi connectivity index (χ0) is 18.7. The van der Waals surface area contributed by atoms with E-state index in [2.05, 4.69) is 9.97 Å². The third-order valence-corrected chi connectivity index (χ3v) is 4.90. The number of H-pyrrole nitrogens is 1. The van der Waals surface area contributed by atoms with Crippen molar-refractivity contribution in [3.63, 3.8) is 0 Å². The Hall–Kier alpha value is -2.87. The fraction of sp³-hybridized carbons (Fsp3) is 0.222. The van der Waals surface area contributed by atoms with Gasteiger partial charge in [-0.3, -0.25) is 19.1 Å². The van der Waals surface area contributed by atoms with Gasteiger partial charge in [-0.15, -0.1) is 0 Å². The molecule has 0 saturated heterocycles. The van der Waals surface area contributed by atoms with Crippen molar-refractivity contribution < 1.29 is 4.79 Å². The van der Waals surface area contributed by atoms with E-state index in [0.717, 1.165) is 0 Å². The largest absolute Gasteiger partial charge is 0.329 e. The second-order valence-electron chi connectivity index (χ2n) is 5.64. The highest BCUT2D eigenvalue weighted by atomic mass is 32.2. The highest BCUT2D eigenvalue weighted by Crippen LogP contribution is 2.22. The normalized spacial score (nSPS) is 11.5. The van der Waals surface area contributed by atoms with E-state index in [9.17, 15) is 14.4 Å². The van der Waals surface area contributed by atoms with Crippen molar-refractivity contribution >= 4 is 28.7 Å². The first-order valence-corrected chi connectivity index (χ1v) is 9.03. The molecule has 0 amide bonds. The van der Waals surface area contributed by atoms with Crippen LogP contribution in [0, 0.1) is 0 Å². The van der Waals surface area contributed by atoms with Gasteiger partial charge < -0.3 is 4.57 Å². The molecule has 3 aromatic rings. The number of hydrogen-bond acceptors (Lipinski definition) is 5. The third-order valence-electron chi connectivity index (χ3n) is 3.92. The maximum Gasteiger partial charge on any atom is 0.329 e. The van der Waals surface area contributed by atoms with Crippen LogP contribution in [0.3, 0.4) is 0 Å². The molecule has 0 aliphatic heterocycles. The fourth-order valence-electron chi connectivity index (χ4n) is 2.54. The molecular weight excluding hydrogens is 352 g/mol. The standard InChI is InChI=1S/C18H18N4O3S/c1-3-4-10-22-14-15(21(2)17(25)20-16(14)24)19-18(22)26-11-13(23)12-8-6-5-7-9-12/h3-9H,10-11H2,1-2H3,(H,20,24,25). The van der Waals surface area contributed by atoms with E-state index in [4.69, 9.17) is 0 Å². The summed E-state index contributed by atoms with van der Waals surface area (Å²) in [6.45, 7) is 2.31. The predicted octanol–water partition coefficient (Wildman–Crippen LogP) is 1.97. The molecule has 0 aliphatic carbocycles. The fourth-order valence-corrected chi connectivity index (χ4v) is 3.44. The molecule has 1 N–H and O–H groups in total. The maximum atomic E-state index is 12.4. The number of carbonyl (C=O) groups excluding carboxylic acids is 1. The number of aryl methyl sites for hydroxylation is 1. The van der Waals surface area contributed by atoms with Gasteiger partial charge in [-0.05, 0) is 6.92 Å². The van der Waals surface area contributed by atoms with Gasteiger partial charge >= 0.3 is 5.69 Å². The number of rotatable bonds is 6. The van der Waals surface area contributed by atoms with Crippen LogP contribution in [0.1, 0.15) is 17.3 Å². The number of nitrogens with zero attached hydrogens (tertiary/aromatic N) is 3. The van der Waals surface area contributed by atoms with E-state index >= 15 is 0 Å². The number of aromatic nitrogens is 4. The van der Waals surface area contributed by atoms with Crippen LogP contribution < -0.4 is 11.2 Å². The summed E-state index contributed by atoms with van der Waals surface area (Å²) in [4.78, 5) is 43.2. The van der Waals surface area contributed by atoms with Crippen molar-refractivity contribution in [2.75, 3.05) is 5.75 Å². The predicted molar refractivity (Wildman–Crippen MR) is 102 cm³/mol. The van der Waals surface area contributed by atoms with Crippen LogP contribution in [0.5, 0.6) is 0 Å². The topological polar surface area (TPSA) is 89.8 Å². The number of ketones is 1. The lowest BCUT2D eigenvalue weighted by atomic mass is 10.2. The number of nitrogens with one attached hydrogen (secondary N) is 1. The molecule has 0 spiro atoms. The number of allylic oxidation sites excluding steroid dienone is 2. The van der Waals surface area contributed by atoms with E-state index in [-0.39, 0.29) is 11.5 Å². The summed E-state index contributed by atoms with van der Waals surface area (Å²) in [6, 6.07) is 9.01. The van der Waals surface area contributed by atoms with Crippen LogP contribution in [0.2, 0.25) is 0 Å². The number of thioether (sulfide) groups is 1. The van der Waals surface area contributed by atoms with E-state index in [1.807, 2.05) is 37.3 Å². The summed E-state index contributed by atoms with van der Waals surface area (Å²) in [5.74, 6) is 0.165. The van der Waals surface area contributed by atoms with Gasteiger partial charge in [0.25, 0.3) is 5.56 Å². The van der Waals surface area contributed by atoms with Crippen LogP contribution in [-0.4, -0.2) is 30.6 Å². The Morgan fingerprint density at radius 1 is 1.27 bits per heavy atom. The van der Waals surface area contributed by atoms with E-state index in [1.54, 1.807) is 23.7 Å². The van der Waals surface area contributed by atoms with Gasteiger partial charge in [0.1, 0.15) is 0 Å². The van der Waals surface area contributed by atoms with Crippen molar-refractivity contribution in [2.24, 2.45) is 7.05 Å². The van der Waals surface area contributed by atoms with Crippen LogP contribution >= 0.6 is 11.8 Å². The SMILES string of the molecule is CC=CCn1c(SCC(=O)c2ccccc2)nc2c1c(=O)[nH]c(=O)n2C. The molecule has 2 heterocycles. The summed E-state index contributed by atoms with van der Waals surface area (Å²) >= 11 is 1.25. The van der Waals surface area contributed by atoms with Crippen LogP contribution in [0.15, 0.2) is 57.2 Å². The molecular formula is C18H18N4O3S. The smallest absolute Gasteiger partial charge is 0.309 e. The van der Waals surface area contributed by atoms with Crippen LogP contribution in [0.25, 0.3) is 11.2 Å².